The summed E-state index contributed by atoms with van der Waals surface area (Å²) in [5.41, 5.74) is 2.46. The average molecular weight is 326 g/mol. The molecule has 124 valence electrons. The Hall–Kier alpha value is -2.69. The quantitative estimate of drug-likeness (QED) is 0.884. The number of hydrogen-bond donors (Lipinski definition) is 2. The predicted octanol–water partition coefficient (Wildman–Crippen LogP) is 3.41. The predicted molar refractivity (Wildman–Crippen MR) is 90.1 cm³/mol. The first kappa shape index (κ1) is 16.2. The number of aryl methyl sites for hydroxylation is 1. The Bertz CT molecular complexity index is 767. The van der Waals surface area contributed by atoms with Gasteiger partial charge in [-0.3, -0.25) is 9.59 Å². The SMILES string of the molecule is Cc1ccc(CNC(=O)c2ccc(NC(=O)C3CC3)cc2)cc1F. The Morgan fingerprint density at radius 1 is 1.12 bits per heavy atom. The van der Waals surface area contributed by atoms with Crippen molar-refractivity contribution < 1.29 is 14.0 Å². The fourth-order valence-corrected chi connectivity index (χ4v) is 2.33. The number of benzene rings is 2. The van der Waals surface area contributed by atoms with Gasteiger partial charge in [-0.2, -0.15) is 0 Å². The van der Waals surface area contributed by atoms with Crippen molar-refractivity contribution in [2.24, 2.45) is 5.92 Å². The highest BCUT2D eigenvalue weighted by Gasteiger charge is 2.29. The van der Waals surface area contributed by atoms with Crippen LogP contribution in [0.2, 0.25) is 0 Å². The lowest BCUT2D eigenvalue weighted by molar-refractivity contribution is -0.117. The van der Waals surface area contributed by atoms with Gasteiger partial charge in [0.2, 0.25) is 5.91 Å². The van der Waals surface area contributed by atoms with Crippen molar-refractivity contribution in [1.29, 1.82) is 0 Å². The lowest BCUT2D eigenvalue weighted by atomic mass is 10.1. The van der Waals surface area contributed by atoms with Crippen molar-refractivity contribution >= 4 is 17.5 Å². The average Bonchev–Trinajstić information content (AvgIpc) is 3.41. The molecule has 2 aromatic carbocycles. The van der Waals surface area contributed by atoms with E-state index in [2.05, 4.69) is 10.6 Å². The molecule has 3 rings (SSSR count). The minimum atomic E-state index is -0.280. The van der Waals surface area contributed by atoms with Crippen LogP contribution in [0.4, 0.5) is 10.1 Å². The van der Waals surface area contributed by atoms with Gasteiger partial charge in [0.1, 0.15) is 5.82 Å². The van der Waals surface area contributed by atoms with Crippen molar-refractivity contribution in [3.8, 4) is 0 Å². The molecule has 0 unspecified atom stereocenters. The third-order valence-electron chi connectivity index (χ3n) is 4.05. The Morgan fingerprint density at radius 3 is 2.46 bits per heavy atom. The maximum absolute atomic E-state index is 13.5. The van der Waals surface area contributed by atoms with E-state index in [0.717, 1.165) is 12.8 Å². The van der Waals surface area contributed by atoms with Crippen LogP contribution in [-0.2, 0) is 11.3 Å². The van der Waals surface area contributed by atoms with Gasteiger partial charge in [0, 0.05) is 23.7 Å². The first-order valence-corrected chi connectivity index (χ1v) is 7.97. The summed E-state index contributed by atoms with van der Waals surface area (Å²) in [7, 11) is 0. The number of amides is 2. The van der Waals surface area contributed by atoms with E-state index in [0.29, 0.717) is 22.4 Å². The van der Waals surface area contributed by atoms with E-state index in [1.165, 1.54) is 6.07 Å². The molecule has 24 heavy (non-hydrogen) atoms. The summed E-state index contributed by atoms with van der Waals surface area (Å²) in [6, 6.07) is 11.6. The van der Waals surface area contributed by atoms with E-state index in [9.17, 15) is 14.0 Å². The van der Waals surface area contributed by atoms with Crippen molar-refractivity contribution in [3.63, 3.8) is 0 Å². The van der Waals surface area contributed by atoms with Crippen LogP contribution in [0.5, 0.6) is 0 Å². The minimum absolute atomic E-state index is 0.0357. The summed E-state index contributed by atoms with van der Waals surface area (Å²) >= 11 is 0. The van der Waals surface area contributed by atoms with Crippen LogP contribution >= 0.6 is 0 Å². The maximum Gasteiger partial charge on any atom is 0.251 e. The third-order valence-corrected chi connectivity index (χ3v) is 4.05. The smallest absolute Gasteiger partial charge is 0.251 e. The molecule has 4 nitrogen and oxygen atoms in total. The molecular formula is C19H19FN2O2. The molecule has 0 heterocycles. The second-order valence-electron chi connectivity index (χ2n) is 6.11. The van der Waals surface area contributed by atoms with Gasteiger partial charge in [0.15, 0.2) is 0 Å². The molecular weight excluding hydrogens is 307 g/mol. The highest BCUT2D eigenvalue weighted by atomic mass is 19.1. The molecule has 0 aliphatic heterocycles. The summed E-state index contributed by atoms with van der Waals surface area (Å²) in [5, 5.41) is 5.58. The number of carbonyl (C=O) groups is 2. The van der Waals surface area contributed by atoms with Crippen molar-refractivity contribution in [3.05, 3.63) is 65.0 Å². The van der Waals surface area contributed by atoms with Crippen LogP contribution in [0.1, 0.15) is 34.3 Å². The van der Waals surface area contributed by atoms with Crippen molar-refractivity contribution in [2.75, 3.05) is 5.32 Å². The van der Waals surface area contributed by atoms with Crippen LogP contribution in [0.3, 0.4) is 0 Å². The summed E-state index contributed by atoms with van der Waals surface area (Å²) < 4.78 is 13.5. The summed E-state index contributed by atoms with van der Waals surface area (Å²) in [5.74, 6) is -0.343. The first-order chi connectivity index (χ1) is 11.5. The van der Waals surface area contributed by atoms with E-state index in [1.807, 2.05) is 0 Å². The number of halogens is 1. The molecule has 0 aromatic heterocycles. The maximum atomic E-state index is 13.5. The Morgan fingerprint density at radius 2 is 1.83 bits per heavy atom. The molecule has 2 amide bonds. The number of carbonyl (C=O) groups excluding carboxylic acids is 2. The number of hydrogen-bond acceptors (Lipinski definition) is 2. The fraction of sp³-hybridized carbons (Fsp3) is 0.263. The largest absolute Gasteiger partial charge is 0.348 e. The molecule has 1 aliphatic rings. The third kappa shape index (κ3) is 3.98. The van der Waals surface area contributed by atoms with Crippen LogP contribution in [0.15, 0.2) is 42.5 Å². The lowest BCUT2D eigenvalue weighted by Gasteiger charge is -2.08. The van der Waals surface area contributed by atoms with E-state index in [4.69, 9.17) is 0 Å². The normalized spacial score (nSPS) is 13.4. The molecule has 5 heteroatoms. The monoisotopic (exact) mass is 326 g/mol. The Balaban J connectivity index is 1.56. The molecule has 0 radical (unpaired) electrons. The zero-order valence-corrected chi connectivity index (χ0v) is 13.4. The van der Waals surface area contributed by atoms with E-state index in [-0.39, 0.29) is 30.1 Å². The van der Waals surface area contributed by atoms with Gasteiger partial charge in [0.25, 0.3) is 5.91 Å². The van der Waals surface area contributed by atoms with Crippen LogP contribution in [-0.4, -0.2) is 11.8 Å². The van der Waals surface area contributed by atoms with E-state index < -0.39 is 0 Å². The second kappa shape index (κ2) is 6.83. The van der Waals surface area contributed by atoms with E-state index in [1.54, 1.807) is 43.3 Å². The standard InChI is InChI=1S/C19H19FN2O2/c1-12-2-3-13(10-17(12)20)11-21-18(23)14-6-8-16(9-7-14)22-19(24)15-4-5-15/h2-3,6-10,15H,4-5,11H2,1H3,(H,21,23)(H,22,24). The Kier molecular flexibility index (Phi) is 4.60. The molecule has 0 bridgehead atoms. The molecule has 1 fully saturated rings. The zero-order valence-electron chi connectivity index (χ0n) is 13.4. The van der Waals surface area contributed by atoms with E-state index >= 15 is 0 Å². The van der Waals surface area contributed by atoms with Gasteiger partial charge >= 0.3 is 0 Å². The lowest BCUT2D eigenvalue weighted by Crippen LogP contribution is -2.23. The fourth-order valence-electron chi connectivity index (χ4n) is 2.33. The highest BCUT2D eigenvalue weighted by Crippen LogP contribution is 2.30. The van der Waals surface area contributed by atoms with Gasteiger partial charge < -0.3 is 10.6 Å². The number of rotatable bonds is 5. The summed E-state index contributed by atoms with van der Waals surface area (Å²) in [6.45, 7) is 1.96. The minimum Gasteiger partial charge on any atom is -0.348 e. The topological polar surface area (TPSA) is 58.2 Å². The molecule has 2 N–H and O–H groups in total. The molecule has 2 aromatic rings. The van der Waals surface area contributed by atoms with Crippen molar-refractivity contribution in [1.82, 2.24) is 5.32 Å². The zero-order chi connectivity index (χ0) is 17.1. The Labute approximate surface area is 140 Å². The highest BCUT2D eigenvalue weighted by molar-refractivity contribution is 5.96. The first-order valence-electron chi connectivity index (χ1n) is 7.97. The number of nitrogens with one attached hydrogen (secondary N) is 2. The second-order valence-corrected chi connectivity index (χ2v) is 6.11. The molecule has 0 saturated heterocycles. The molecule has 1 saturated carbocycles. The van der Waals surface area contributed by atoms with Crippen molar-refractivity contribution in [2.45, 2.75) is 26.3 Å². The van der Waals surface area contributed by atoms with Gasteiger partial charge in [-0.15, -0.1) is 0 Å². The molecule has 1 aliphatic carbocycles. The summed E-state index contributed by atoms with van der Waals surface area (Å²) in [4.78, 5) is 23.8. The van der Waals surface area contributed by atoms with Crippen LogP contribution < -0.4 is 10.6 Å². The van der Waals surface area contributed by atoms with Gasteiger partial charge in [-0.1, -0.05) is 12.1 Å². The van der Waals surface area contributed by atoms with Gasteiger partial charge in [-0.25, -0.2) is 4.39 Å². The molecule has 0 spiro atoms. The van der Waals surface area contributed by atoms with Crippen LogP contribution in [0.25, 0.3) is 0 Å². The summed E-state index contributed by atoms with van der Waals surface area (Å²) in [6.07, 6.45) is 1.90. The van der Waals surface area contributed by atoms with Gasteiger partial charge in [-0.05, 0) is 61.2 Å². The van der Waals surface area contributed by atoms with Crippen LogP contribution in [0, 0.1) is 18.7 Å². The number of anilines is 1. The van der Waals surface area contributed by atoms with Gasteiger partial charge in [0.05, 0.1) is 0 Å². The molecule has 0 atom stereocenters.